The third-order valence-electron chi connectivity index (χ3n) is 9.46. The first-order chi connectivity index (χ1) is 14.9. The molecule has 0 bridgehead atoms. The molecule has 0 radical (unpaired) electrons. The van der Waals surface area contributed by atoms with Crippen molar-refractivity contribution in [1.29, 1.82) is 0 Å². The molecule has 2 heterocycles. The number of fused-ring (bicyclic) bond motifs is 2. The summed E-state index contributed by atoms with van der Waals surface area (Å²) in [5.41, 5.74) is -0.797. The molecule has 5 rings (SSSR count). The maximum absolute atomic E-state index is 13.0. The van der Waals surface area contributed by atoms with Gasteiger partial charge >= 0.3 is 12.1 Å². The molecule has 7 atom stereocenters. The van der Waals surface area contributed by atoms with Gasteiger partial charge in [0.15, 0.2) is 0 Å². The maximum atomic E-state index is 13.0. The quantitative estimate of drug-likeness (QED) is 0.654. The molecule has 7 heteroatoms. The van der Waals surface area contributed by atoms with Gasteiger partial charge in [0.25, 0.3) is 0 Å². The first-order valence-corrected chi connectivity index (χ1v) is 12.5. The Balaban J connectivity index is 1.25. The number of rotatable bonds is 2. The van der Waals surface area contributed by atoms with Crippen molar-refractivity contribution in [2.45, 2.75) is 84.0 Å². The zero-order chi connectivity index (χ0) is 23.1. The molecular weight excluding hydrogens is 408 g/mol. The zero-order valence-corrected chi connectivity index (χ0v) is 20.4. The second-order valence-corrected chi connectivity index (χ2v) is 12.7. The van der Waals surface area contributed by atoms with Gasteiger partial charge in [-0.15, -0.1) is 0 Å². The minimum Gasteiger partial charge on any atom is -0.461 e. The Kier molecular flexibility index (Phi) is 4.97. The van der Waals surface area contributed by atoms with E-state index in [1.165, 1.54) is 6.42 Å². The fourth-order valence-electron chi connectivity index (χ4n) is 7.72. The molecule has 7 nitrogen and oxygen atoms in total. The van der Waals surface area contributed by atoms with E-state index in [2.05, 4.69) is 11.8 Å². The Bertz CT molecular complexity index is 799. The molecule has 1 spiro atoms. The van der Waals surface area contributed by atoms with Gasteiger partial charge in [0.1, 0.15) is 11.7 Å². The van der Waals surface area contributed by atoms with Gasteiger partial charge in [-0.25, -0.2) is 4.79 Å². The standard InChI is InChI=1S/C25H40N2O5/c1-22(2,3)32-21(29)27-12-10-26(11-13-27)14-17-16-6-7-23(4)15-25(23)9-8-24(5,30)19(25)18(16)31-20(17)28/h16-19,30H,6-15H2,1-5H3/t16-,17-,18-,19-,23-,24+,25-/m0/s1. The number of aliphatic hydroxyl groups is 1. The van der Waals surface area contributed by atoms with E-state index in [4.69, 9.17) is 9.47 Å². The van der Waals surface area contributed by atoms with Crippen LogP contribution in [-0.2, 0) is 14.3 Å². The van der Waals surface area contributed by atoms with Gasteiger partial charge in [-0.1, -0.05) is 6.92 Å². The van der Waals surface area contributed by atoms with Gasteiger partial charge in [0.05, 0.1) is 11.5 Å². The molecule has 0 unspecified atom stereocenters. The highest BCUT2D eigenvalue weighted by molar-refractivity contribution is 5.76. The number of hydrogen-bond acceptors (Lipinski definition) is 6. The lowest BCUT2D eigenvalue weighted by Gasteiger charge is -2.38. The summed E-state index contributed by atoms with van der Waals surface area (Å²) in [7, 11) is 0. The maximum Gasteiger partial charge on any atom is 0.410 e. The molecule has 5 fully saturated rings. The monoisotopic (exact) mass is 448 g/mol. The molecule has 2 saturated heterocycles. The molecular formula is C25H40N2O5. The van der Waals surface area contributed by atoms with Gasteiger partial charge in [0.2, 0.25) is 0 Å². The Labute approximate surface area is 191 Å². The molecule has 180 valence electrons. The molecule has 5 aliphatic rings. The molecule has 32 heavy (non-hydrogen) atoms. The van der Waals surface area contributed by atoms with E-state index in [0.717, 1.165) is 38.8 Å². The van der Waals surface area contributed by atoms with Crippen LogP contribution in [0.1, 0.15) is 66.7 Å². The highest BCUT2D eigenvalue weighted by atomic mass is 16.6. The number of carbonyl (C=O) groups excluding carboxylic acids is 2. The number of nitrogens with zero attached hydrogens (tertiary/aromatic N) is 2. The highest BCUT2D eigenvalue weighted by Gasteiger charge is 2.77. The van der Waals surface area contributed by atoms with E-state index in [-0.39, 0.29) is 41.3 Å². The molecule has 2 aliphatic heterocycles. The van der Waals surface area contributed by atoms with Crippen LogP contribution in [0.25, 0.3) is 0 Å². The summed E-state index contributed by atoms with van der Waals surface area (Å²) in [6, 6.07) is 0. The van der Waals surface area contributed by atoms with E-state index < -0.39 is 11.2 Å². The zero-order valence-electron chi connectivity index (χ0n) is 20.4. The topological polar surface area (TPSA) is 79.3 Å². The van der Waals surface area contributed by atoms with Gasteiger partial charge in [-0.3, -0.25) is 9.69 Å². The van der Waals surface area contributed by atoms with Crippen LogP contribution in [0.4, 0.5) is 4.79 Å². The van der Waals surface area contributed by atoms with Crippen LogP contribution in [0.15, 0.2) is 0 Å². The molecule has 3 saturated carbocycles. The first-order valence-electron chi connectivity index (χ1n) is 12.5. The van der Waals surface area contributed by atoms with E-state index in [1.807, 2.05) is 27.7 Å². The van der Waals surface area contributed by atoms with Gasteiger partial charge in [0, 0.05) is 44.6 Å². The van der Waals surface area contributed by atoms with Crippen molar-refractivity contribution < 1.29 is 24.2 Å². The SMILES string of the molecule is CC(C)(C)OC(=O)N1CCN(C[C@@H]2C(=O)O[C@H]3[C@H]2CC[C@@]2(C)C[C@]24CC[C@@](C)(O)[C@H]34)CC1. The van der Waals surface area contributed by atoms with Crippen molar-refractivity contribution in [2.24, 2.45) is 28.6 Å². The van der Waals surface area contributed by atoms with Gasteiger partial charge in [-0.05, 0) is 70.6 Å². The molecule has 3 aliphatic carbocycles. The number of piperazine rings is 1. The van der Waals surface area contributed by atoms with Crippen molar-refractivity contribution in [1.82, 2.24) is 9.80 Å². The van der Waals surface area contributed by atoms with Crippen LogP contribution in [0.5, 0.6) is 0 Å². The van der Waals surface area contributed by atoms with Crippen molar-refractivity contribution in [2.75, 3.05) is 32.7 Å². The molecule has 1 N–H and O–H groups in total. The molecule has 0 aromatic rings. The number of hydrogen-bond donors (Lipinski definition) is 1. The van der Waals surface area contributed by atoms with Crippen molar-refractivity contribution in [3.8, 4) is 0 Å². The lowest BCUT2D eigenvalue weighted by atomic mass is 9.73. The Hall–Kier alpha value is -1.34. The largest absolute Gasteiger partial charge is 0.461 e. The fraction of sp³-hybridized carbons (Fsp3) is 0.920. The summed E-state index contributed by atoms with van der Waals surface area (Å²) < 4.78 is 11.6. The molecule has 0 aromatic carbocycles. The number of amides is 1. The third-order valence-corrected chi connectivity index (χ3v) is 9.46. The van der Waals surface area contributed by atoms with E-state index in [1.54, 1.807) is 4.90 Å². The Morgan fingerprint density at radius 2 is 1.84 bits per heavy atom. The average Bonchev–Trinajstić information content (AvgIpc) is 3.05. The predicted octanol–water partition coefficient (Wildman–Crippen LogP) is 3.05. The highest BCUT2D eigenvalue weighted by Crippen LogP contribution is 2.80. The lowest BCUT2D eigenvalue weighted by molar-refractivity contribution is -0.151. The predicted molar refractivity (Wildman–Crippen MR) is 119 cm³/mol. The lowest BCUT2D eigenvalue weighted by Crippen LogP contribution is -2.51. The number of carbonyl (C=O) groups is 2. The van der Waals surface area contributed by atoms with Crippen molar-refractivity contribution in [3.63, 3.8) is 0 Å². The van der Waals surface area contributed by atoms with Crippen LogP contribution in [0.2, 0.25) is 0 Å². The second kappa shape index (κ2) is 7.08. The number of ether oxygens (including phenoxy) is 2. The minimum atomic E-state index is -0.751. The Morgan fingerprint density at radius 1 is 1.16 bits per heavy atom. The van der Waals surface area contributed by atoms with Crippen LogP contribution in [0.3, 0.4) is 0 Å². The second-order valence-electron chi connectivity index (χ2n) is 12.7. The van der Waals surface area contributed by atoms with E-state index in [9.17, 15) is 14.7 Å². The minimum absolute atomic E-state index is 0.0606. The summed E-state index contributed by atoms with van der Waals surface area (Å²) >= 11 is 0. The van der Waals surface area contributed by atoms with Gasteiger partial charge in [-0.2, -0.15) is 0 Å². The normalized spacial score (nSPS) is 46.1. The average molecular weight is 449 g/mol. The van der Waals surface area contributed by atoms with Crippen molar-refractivity contribution >= 4 is 12.1 Å². The van der Waals surface area contributed by atoms with Crippen LogP contribution in [0, 0.1) is 28.6 Å². The fourth-order valence-corrected chi connectivity index (χ4v) is 7.72. The summed E-state index contributed by atoms with van der Waals surface area (Å²) in [5, 5.41) is 11.3. The third kappa shape index (κ3) is 3.46. The summed E-state index contributed by atoms with van der Waals surface area (Å²) in [6.07, 6.45) is 4.74. The van der Waals surface area contributed by atoms with Crippen molar-refractivity contribution in [3.05, 3.63) is 0 Å². The molecule has 0 aromatic heterocycles. The smallest absolute Gasteiger partial charge is 0.410 e. The van der Waals surface area contributed by atoms with Gasteiger partial charge < -0.3 is 19.5 Å². The first kappa shape index (κ1) is 22.5. The van der Waals surface area contributed by atoms with Crippen LogP contribution in [-0.4, -0.2) is 77.0 Å². The van der Waals surface area contributed by atoms with Crippen LogP contribution < -0.4 is 0 Å². The van der Waals surface area contributed by atoms with E-state index >= 15 is 0 Å². The summed E-state index contributed by atoms with van der Waals surface area (Å²) in [4.78, 5) is 29.5. The molecule has 1 amide bonds. The van der Waals surface area contributed by atoms with E-state index in [0.29, 0.717) is 25.0 Å². The number of esters is 1. The van der Waals surface area contributed by atoms with Crippen LogP contribution >= 0.6 is 0 Å². The Morgan fingerprint density at radius 3 is 2.50 bits per heavy atom. The summed E-state index contributed by atoms with van der Waals surface area (Å²) in [5.74, 6) is 0.0206. The summed E-state index contributed by atoms with van der Waals surface area (Å²) in [6.45, 7) is 13.4.